The zero-order chi connectivity index (χ0) is 14.1. The Morgan fingerprint density at radius 2 is 2.15 bits per heavy atom. The molecule has 0 bridgehead atoms. The molecule has 1 unspecified atom stereocenters. The molecule has 2 aliphatic rings. The van der Waals surface area contributed by atoms with Crippen molar-refractivity contribution in [2.24, 2.45) is 11.0 Å². The molecule has 0 radical (unpaired) electrons. The highest BCUT2D eigenvalue weighted by Gasteiger charge is 2.36. The van der Waals surface area contributed by atoms with Gasteiger partial charge >= 0.3 is 5.97 Å². The van der Waals surface area contributed by atoms with Crippen LogP contribution in [0.4, 0.5) is 5.69 Å². The van der Waals surface area contributed by atoms with E-state index in [0.29, 0.717) is 5.69 Å². The summed E-state index contributed by atoms with van der Waals surface area (Å²) in [5, 5.41) is 14.8. The predicted octanol–water partition coefficient (Wildman–Crippen LogP) is 2.67. The Bertz CT molecular complexity index is 595. The number of fused-ring (bicyclic) bond motifs is 1. The van der Waals surface area contributed by atoms with Gasteiger partial charge in [-0.15, -0.1) is 0 Å². The van der Waals surface area contributed by atoms with E-state index in [9.17, 15) is 9.59 Å². The van der Waals surface area contributed by atoms with Crippen molar-refractivity contribution in [1.29, 1.82) is 0 Å². The summed E-state index contributed by atoms with van der Waals surface area (Å²) in [5.74, 6) is -1.13. The second kappa shape index (κ2) is 5.07. The number of nitrogens with zero attached hydrogens (tertiary/aromatic N) is 2. The van der Waals surface area contributed by atoms with E-state index >= 15 is 0 Å². The number of hydrogen-bond donors (Lipinski definition) is 1. The Balaban J connectivity index is 1.93. The molecule has 104 valence electrons. The van der Waals surface area contributed by atoms with Crippen molar-refractivity contribution in [3.63, 3.8) is 0 Å². The van der Waals surface area contributed by atoms with Gasteiger partial charge in [0.25, 0.3) is 5.91 Å². The minimum Gasteiger partial charge on any atom is -0.478 e. The zero-order valence-electron chi connectivity index (χ0n) is 11.1. The van der Waals surface area contributed by atoms with Gasteiger partial charge in [0, 0.05) is 0 Å². The second-order valence-corrected chi connectivity index (χ2v) is 5.25. The van der Waals surface area contributed by atoms with Crippen LogP contribution in [0.1, 0.15) is 42.5 Å². The van der Waals surface area contributed by atoms with Gasteiger partial charge in [-0.2, -0.15) is 5.10 Å². The number of aromatic carboxylic acids is 1. The maximum atomic E-state index is 12.4. The van der Waals surface area contributed by atoms with E-state index < -0.39 is 5.97 Å². The quantitative estimate of drug-likeness (QED) is 0.899. The molecule has 1 aromatic carbocycles. The number of hydrogen-bond acceptors (Lipinski definition) is 3. The molecule has 1 aliphatic carbocycles. The number of carboxylic acids is 1. The van der Waals surface area contributed by atoms with E-state index in [0.717, 1.165) is 37.8 Å². The van der Waals surface area contributed by atoms with Gasteiger partial charge in [0.05, 0.1) is 22.9 Å². The molecule has 1 fully saturated rings. The SMILES string of the molecule is O=C(O)c1cccc(N2N=C3CCCCCC3C2=O)c1. The number of carbonyl (C=O) groups excluding carboxylic acids is 1. The van der Waals surface area contributed by atoms with Crippen molar-refractivity contribution in [3.05, 3.63) is 29.8 Å². The van der Waals surface area contributed by atoms with Crippen LogP contribution in [0.5, 0.6) is 0 Å². The Hall–Kier alpha value is -2.17. The van der Waals surface area contributed by atoms with E-state index in [1.165, 1.54) is 17.1 Å². The molecule has 1 atom stereocenters. The summed E-state index contributed by atoms with van der Waals surface area (Å²) in [5.41, 5.74) is 1.66. The van der Waals surface area contributed by atoms with Gasteiger partial charge < -0.3 is 5.11 Å². The van der Waals surface area contributed by atoms with Gasteiger partial charge in [0.15, 0.2) is 0 Å². The molecule has 1 N–H and O–H groups in total. The summed E-state index contributed by atoms with van der Waals surface area (Å²) in [6, 6.07) is 6.37. The third-order valence-corrected chi connectivity index (χ3v) is 3.90. The fraction of sp³-hybridized carbons (Fsp3) is 0.400. The lowest BCUT2D eigenvalue weighted by molar-refractivity contribution is -0.119. The van der Waals surface area contributed by atoms with E-state index in [-0.39, 0.29) is 17.4 Å². The minimum absolute atomic E-state index is 0.0237. The van der Waals surface area contributed by atoms with Gasteiger partial charge in [0.2, 0.25) is 0 Å². The van der Waals surface area contributed by atoms with Crippen LogP contribution in [0.3, 0.4) is 0 Å². The first kappa shape index (κ1) is 12.8. The zero-order valence-corrected chi connectivity index (χ0v) is 11.1. The molecule has 0 spiro atoms. The van der Waals surface area contributed by atoms with Crippen LogP contribution in [-0.4, -0.2) is 22.7 Å². The molecule has 20 heavy (non-hydrogen) atoms. The standard InChI is InChI=1S/C15H16N2O3/c18-14-12-7-2-1-3-8-13(12)16-17(14)11-6-4-5-10(9-11)15(19)20/h4-6,9,12H,1-3,7-8H2,(H,19,20). The van der Waals surface area contributed by atoms with Gasteiger partial charge in [-0.3, -0.25) is 4.79 Å². The first-order chi connectivity index (χ1) is 9.66. The van der Waals surface area contributed by atoms with Crippen LogP contribution in [0.2, 0.25) is 0 Å². The molecule has 0 saturated heterocycles. The summed E-state index contributed by atoms with van der Waals surface area (Å²) < 4.78 is 0. The number of benzene rings is 1. The summed E-state index contributed by atoms with van der Waals surface area (Å²) in [6.45, 7) is 0. The van der Waals surface area contributed by atoms with Crippen molar-refractivity contribution in [2.45, 2.75) is 32.1 Å². The molecule has 1 heterocycles. The predicted molar refractivity (Wildman–Crippen MR) is 74.9 cm³/mol. The molecule has 5 nitrogen and oxygen atoms in total. The Kier molecular flexibility index (Phi) is 3.26. The largest absolute Gasteiger partial charge is 0.478 e. The van der Waals surface area contributed by atoms with Crippen molar-refractivity contribution >= 4 is 23.3 Å². The van der Waals surface area contributed by atoms with Gasteiger partial charge in [-0.1, -0.05) is 18.9 Å². The van der Waals surface area contributed by atoms with Crippen LogP contribution < -0.4 is 5.01 Å². The van der Waals surface area contributed by atoms with Gasteiger partial charge in [-0.25, -0.2) is 9.80 Å². The second-order valence-electron chi connectivity index (χ2n) is 5.25. The summed E-state index contributed by atoms with van der Waals surface area (Å²) in [7, 11) is 0. The monoisotopic (exact) mass is 272 g/mol. The lowest BCUT2D eigenvalue weighted by Crippen LogP contribution is -2.27. The Labute approximate surface area is 116 Å². The maximum Gasteiger partial charge on any atom is 0.335 e. The summed E-state index contributed by atoms with van der Waals surface area (Å²) >= 11 is 0. The van der Waals surface area contributed by atoms with Crippen molar-refractivity contribution in [2.75, 3.05) is 5.01 Å². The highest BCUT2D eigenvalue weighted by molar-refractivity contribution is 6.15. The van der Waals surface area contributed by atoms with Crippen molar-refractivity contribution in [3.8, 4) is 0 Å². The van der Waals surface area contributed by atoms with Crippen molar-refractivity contribution < 1.29 is 14.7 Å². The molecule has 1 aromatic rings. The van der Waals surface area contributed by atoms with E-state index in [1.54, 1.807) is 12.1 Å². The lowest BCUT2D eigenvalue weighted by Gasteiger charge is -2.14. The normalized spacial score (nSPS) is 22.2. The minimum atomic E-state index is -1.000. The first-order valence-corrected chi connectivity index (χ1v) is 6.91. The highest BCUT2D eigenvalue weighted by Crippen LogP contribution is 2.31. The summed E-state index contributed by atoms with van der Waals surface area (Å²) in [6.07, 6.45) is 5.00. The van der Waals surface area contributed by atoms with Crippen LogP contribution >= 0.6 is 0 Å². The molecule has 5 heteroatoms. The third kappa shape index (κ3) is 2.19. The van der Waals surface area contributed by atoms with Gasteiger partial charge in [0.1, 0.15) is 0 Å². The molecule has 0 aromatic heterocycles. The Morgan fingerprint density at radius 1 is 1.30 bits per heavy atom. The number of carbonyl (C=O) groups is 2. The molecular formula is C15H16N2O3. The van der Waals surface area contributed by atoms with E-state index in [2.05, 4.69) is 5.10 Å². The maximum absolute atomic E-state index is 12.4. The fourth-order valence-corrected chi connectivity index (χ4v) is 2.84. The van der Waals surface area contributed by atoms with E-state index in [1.807, 2.05) is 0 Å². The number of hydrazone groups is 1. The molecular weight excluding hydrogens is 256 g/mol. The smallest absolute Gasteiger partial charge is 0.335 e. The van der Waals surface area contributed by atoms with E-state index in [4.69, 9.17) is 5.11 Å². The molecule has 1 saturated carbocycles. The fourth-order valence-electron chi connectivity index (χ4n) is 2.84. The first-order valence-electron chi connectivity index (χ1n) is 6.91. The topological polar surface area (TPSA) is 70.0 Å². The van der Waals surface area contributed by atoms with Crippen LogP contribution in [-0.2, 0) is 4.79 Å². The molecule has 3 rings (SSSR count). The van der Waals surface area contributed by atoms with Crippen molar-refractivity contribution in [1.82, 2.24) is 0 Å². The lowest BCUT2D eigenvalue weighted by atomic mass is 9.98. The average Bonchev–Trinajstić information content (AvgIpc) is 2.64. The average molecular weight is 272 g/mol. The van der Waals surface area contributed by atoms with Crippen LogP contribution in [0, 0.1) is 5.92 Å². The number of rotatable bonds is 2. The number of anilines is 1. The Morgan fingerprint density at radius 3 is 2.95 bits per heavy atom. The molecule has 1 amide bonds. The summed E-state index contributed by atoms with van der Waals surface area (Å²) in [4.78, 5) is 23.4. The third-order valence-electron chi connectivity index (χ3n) is 3.90. The molecule has 1 aliphatic heterocycles. The van der Waals surface area contributed by atoms with Crippen LogP contribution in [0.25, 0.3) is 0 Å². The van der Waals surface area contributed by atoms with Gasteiger partial charge in [-0.05, 0) is 37.5 Å². The highest BCUT2D eigenvalue weighted by atomic mass is 16.4. The number of carboxylic acid groups (broad SMARTS) is 1. The van der Waals surface area contributed by atoms with Crippen LogP contribution in [0.15, 0.2) is 29.4 Å². The number of amides is 1.